The van der Waals surface area contributed by atoms with E-state index in [1.165, 1.54) is 37.0 Å². The van der Waals surface area contributed by atoms with E-state index in [1.807, 2.05) is 24.2 Å². The summed E-state index contributed by atoms with van der Waals surface area (Å²) in [6.45, 7) is 2.06. The molecule has 1 N–H and O–H groups in total. The highest BCUT2D eigenvalue weighted by molar-refractivity contribution is 8.14. The van der Waals surface area contributed by atoms with Crippen molar-refractivity contribution in [2.45, 2.75) is 38.6 Å². The third-order valence-corrected chi connectivity index (χ3v) is 4.79. The molecule has 1 saturated carbocycles. The zero-order valence-corrected chi connectivity index (χ0v) is 11.5. The quantitative estimate of drug-likeness (QED) is 0.841. The Morgan fingerprint density at radius 1 is 1.28 bits per heavy atom. The topological polar surface area (TPSA) is 37.3 Å². The van der Waals surface area contributed by atoms with E-state index in [9.17, 15) is 0 Å². The number of aryl methyl sites for hydroxylation is 1. The third kappa shape index (κ3) is 2.69. The Bertz CT molecular complexity index is 458. The molecule has 18 heavy (non-hydrogen) atoms. The van der Waals surface area contributed by atoms with Gasteiger partial charge in [0.25, 0.3) is 0 Å². The van der Waals surface area contributed by atoms with Crippen LogP contribution in [0.1, 0.15) is 31.2 Å². The number of fused-ring (bicyclic) bond motifs is 1. The van der Waals surface area contributed by atoms with Gasteiger partial charge in [-0.2, -0.15) is 0 Å². The summed E-state index contributed by atoms with van der Waals surface area (Å²) in [5.74, 6) is 2.03. The van der Waals surface area contributed by atoms with Crippen LogP contribution in [0.2, 0.25) is 0 Å². The minimum atomic E-state index is 0.556. The molecule has 2 heterocycles. The molecule has 1 aliphatic carbocycles. The summed E-state index contributed by atoms with van der Waals surface area (Å²) in [7, 11) is 0. The van der Waals surface area contributed by atoms with Gasteiger partial charge in [0, 0.05) is 11.9 Å². The van der Waals surface area contributed by atoms with Crippen LogP contribution in [0, 0.1) is 12.8 Å². The number of hydrogen-bond donors (Lipinski definition) is 1. The second kappa shape index (κ2) is 5.31. The molecule has 0 spiro atoms. The van der Waals surface area contributed by atoms with Crippen molar-refractivity contribution in [2.24, 2.45) is 10.9 Å². The number of anilines is 1. The van der Waals surface area contributed by atoms with Crippen molar-refractivity contribution in [3.8, 4) is 0 Å². The molecule has 0 aromatic carbocycles. The van der Waals surface area contributed by atoms with E-state index in [0.29, 0.717) is 6.04 Å². The molecule has 2 aliphatic rings. The lowest BCUT2D eigenvalue weighted by Gasteiger charge is -2.32. The maximum atomic E-state index is 4.87. The van der Waals surface area contributed by atoms with Gasteiger partial charge in [-0.1, -0.05) is 24.6 Å². The first-order chi connectivity index (χ1) is 8.81. The van der Waals surface area contributed by atoms with E-state index < -0.39 is 0 Å². The molecule has 3 nitrogen and oxygen atoms in total. The SMILES string of the molecule is Cc1cncc(NC2=NC3CCCCC3CS2)c1. The molecule has 0 radical (unpaired) electrons. The summed E-state index contributed by atoms with van der Waals surface area (Å²) >= 11 is 1.86. The Morgan fingerprint density at radius 3 is 3.06 bits per heavy atom. The molecular formula is C14H19N3S. The number of rotatable bonds is 1. The molecule has 0 saturated heterocycles. The number of nitrogens with one attached hydrogen (secondary N) is 1. The molecule has 2 unspecified atom stereocenters. The van der Waals surface area contributed by atoms with Gasteiger partial charge in [0.2, 0.25) is 0 Å². The standard InChI is InChI=1S/C14H19N3S/c1-10-6-12(8-15-7-10)16-14-17-13-5-3-2-4-11(13)9-18-14/h6-8,11,13H,2-5,9H2,1H3,(H,16,17). The Kier molecular flexibility index (Phi) is 3.55. The van der Waals surface area contributed by atoms with E-state index in [1.54, 1.807) is 0 Å². The van der Waals surface area contributed by atoms with E-state index in [4.69, 9.17) is 4.99 Å². The molecule has 0 bridgehead atoms. The predicted octanol–water partition coefficient (Wildman–Crippen LogP) is 3.46. The van der Waals surface area contributed by atoms with Gasteiger partial charge in [0.05, 0.1) is 17.9 Å². The fourth-order valence-electron chi connectivity index (χ4n) is 2.74. The van der Waals surface area contributed by atoms with E-state index in [-0.39, 0.29) is 0 Å². The Labute approximate surface area is 112 Å². The van der Waals surface area contributed by atoms with Crippen LogP contribution in [0.5, 0.6) is 0 Å². The van der Waals surface area contributed by atoms with Crippen LogP contribution in [0.25, 0.3) is 0 Å². The third-order valence-electron chi connectivity index (χ3n) is 3.71. The van der Waals surface area contributed by atoms with Crippen molar-refractivity contribution in [2.75, 3.05) is 11.1 Å². The number of hydrogen-bond acceptors (Lipinski definition) is 4. The summed E-state index contributed by atoms with van der Waals surface area (Å²) in [5.41, 5.74) is 2.23. The molecule has 1 fully saturated rings. The highest BCUT2D eigenvalue weighted by Gasteiger charge is 2.29. The van der Waals surface area contributed by atoms with Crippen LogP contribution in [0.15, 0.2) is 23.5 Å². The molecule has 4 heteroatoms. The minimum absolute atomic E-state index is 0.556. The summed E-state index contributed by atoms with van der Waals surface area (Å²) in [6, 6.07) is 2.67. The number of amidine groups is 1. The van der Waals surface area contributed by atoms with Crippen molar-refractivity contribution in [1.29, 1.82) is 0 Å². The van der Waals surface area contributed by atoms with Gasteiger partial charge in [0.15, 0.2) is 5.17 Å². The van der Waals surface area contributed by atoms with Gasteiger partial charge in [-0.15, -0.1) is 0 Å². The summed E-state index contributed by atoms with van der Waals surface area (Å²) in [5, 5.41) is 4.48. The maximum absolute atomic E-state index is 4.87. The van der Waals surface area contributed by atoms with Crippen molar-refractivity contribution >= 4 is 22.6 Å². The van der Waals surface area contributed by atoms with E-state index in [0.717, 1.165) is 16.8 Å². The average molecular weight is 261 g/mol. The Hall–Kier alpha value is -1.03. The lowest BCUT2D eigenvalue weighted by Crippen LogP contribution is -2.31. The van der Waals surface area contributed by atoms with Gasteiger partial charge in [-0.25, -0.2) is 0 Å². The fraction of sp³-hybridized carbons (Fsp3) is 0.571. The van der Waals surface area contributed by atoms with Gasteiger partial charge in [-0.3, -0.25) is 9.98 Å². The molecule has 0 amide bonds. The average Bonchev–Trinajstić information content (AvgIpc) is 2.39. The summed E-state index contributed by atoms with van der Waals surface area (Å²) in [4.78, 5) is 9.07. The highest BCUT2D eigenvalue weighted by atomic mass is 32.2. The van der Waals surface area contributed by atoms with Crippen molar-refractivity contribution in [3.63, 3.8) is 0 Å². The molecule has 1 aromatic heterocycles. The zero-order chi connectivity index (χ0) is 12.4. The number of nitrogens with zero attached hydrogens (tertiary/aromatic N) is 2. The van der Waals surface area contributed by atoms with Gasteiger partial charge in [-0.05, 0) is 37.3 Å². The van der Waals surface area contributed by atoms with Crippen molar-refractivity contribution in [1.82, 2.24) is 4.98 Å². The van der Waals surface area contributed by atoms with Crippen LogP contribution in [-0.2, 0) is 0 Å². The number of pyridine rings is 1. The Morgan fingerprint density at radius 2 is 2.17 bits per heavy atom. The first-order valence-electron chi connectivity index (χ1n) is 6.70. The van der Waals surface area contributed by atoms with Crippen molar-refractivity contribution < 1.29 is 0 Å². The maximum Gasteiger partial charge on any atom is 0.161 e. The molecular weight excluding hydrogens is 242 g/mol. The number of aliphatic imine (C=N–C) groups is 1. The number of aromatic nitrogens is 1. The lowest BCUT2D eigenvalue weighted by atomic mass is 9.86. The van der Waals surface area contributed by atoms with E-state index >= 15 is 0 Å². The smallest absolute Gasteiger partial charge is 0.161 e. The lowest BCUT2D eigenvalue weighted by molar-refractivity contribution is 0.336. The minimum Gasteiger partial charge on any atom is -0.334 e. The van der Waals surface area contributed by atoms with Crippen LogP contribution in [0.3, 0.4) is 0 Å². The van der Waals surface area contributed by atoms with Gasteiger partial charge >= 0.3 is 0 Å². The first-order valence-corrected chi connectivity index (χ1v) is 7.69. The molecule has 96 valence electrons. The number of thioether (sulfide) groups is 1. The fourth-order valence-corrected chi connectivity index (χ4v) is 3.90. The highest BCUT2D eigenvalue weighted by Crippen LogP contribution is 2.34. The summed E-state index contributed by atoms with van der Waals surface area (Å²) in [6.07, 6.45) is 9.10. The summed E-state index contributed by atoms with van der Waals surface area (Å²) < 4.78 is 0. The van der Waals surface area contributed by atoms with Gasteiger partial charge < -0.3 is 5.32 Å². The first kappa shape index (κ1) is 12.0. The molecule has 3 rings (SSSR count). The monoisotopic (exact) mass is 261 g/mol. The van der Waals surface area contributed by atoms with Crippen molar-refractivity contribution in [3.05, 3.63) is 24.0 Å². The Balaban J connectivity index is 1.71. The van der Waals surface area contributed by atoms with Crippen LogP contribution < -0.4 is 5.32 Å². The van der Waals surface area contributed by atoms with Crippen LogP contribution in [-0.4, -0.2) is 21.9 Å². The second-order valence-corrected chi connectivity index (χ2v) is 6.24. The second-order valence-electron chi connectivity index (χ2n) is 5.23. The molecule has 2 atom stereocenters. The van der Waals surface area contributed by atoms with E-state index in [2.05, 4.69) is 23.3 Å². The van der Waals surface area contributed by atoms with Crippen LogP contribution >= 0.6 is 11.8 Å². The van der Waals surface area contributed by atoms with Crippen LogP contribution in [0.4, 0.5) is 5.69 Å². The largest absolute Gasteiger partial charge is 0.334 e. The normalized spacial score (nSPS) is 27.3. The van der Waals surface area contributed by atoms with Gasteiger partial charge in [0.1, 0.15) is 0 Å². The zero-order valence-electron chi connectivity index (χ0n) is 10.7. The molecule has 1 aromatic rings. The molecule has 1 aliphatic heterocycles. The predicted molar refractivity (Wildman–Crippen MR) is 78.2 cm³/mol.